The molecule has 0 bridgehead atoms. The minimum atomic E-state index is 0.371. The van der Waals surface area contributed by atoms with Crippen LogP contribution in [0.2, 0.25) is 0 Å². The number of nitrogens with two attached hydrogens (primary N) is 1. The lowest BCUT2D eigenvalue weighted by molar-refractivity contribution is 0.283. The molecule has 0 aliphatic carbocycles. The standard InChI is InChI=1S/C11H24N2/c1-10(12)5-4-7-13-8-6-11(2,3)9-13/h10H,4-9,12H2,1-3H3. The summed E-state index contributed by atoms with van der Waals surface area (Å²) in [6.45, 7) is 10.6. The monoisotopic (exact) mass is 184 g/mol. The van der Waals surface area contributed by atoms with Gasteiger partial charge in [-0.1, -0.05) is 13.8 Å². The second-order valence-electron chi connectivity index (χ2n) is 5.31. The van der Waals surface area contributed by atoms with Crippen LogP contribution < -0.4 is 5.73 Å². The van der Waals surface area contributed by atoms with Crippen LogP contribution >= 0.6 is 0 Å². The molecular formula is C11H24N2. The highest BCUT2D eigenvalue weighted by Crippen LogP contribution is 2.28. The molecule has 2 N–H and O–H groups in total. The Labute approximate surface area is 82.5 Å². The molecule has 1 aliphatic rings. The van der Waals surface area contributed by atoms with Crippen molar-refractivity contribution in [1.82, 2.24) is 4.90 Å². The van der Waals surface area contributed by atoms with Crippen LogP contribution in [0, 0.1) is 5.41 Å². The summed E-state index contributed by atoms with van der Waals surface area (Å²) in [6, 6.07) is 0.371. The zero-order valence-corrected chi connectivity index (χ0v) is 9.34. The molecule has 0 saturated carbocycles. The zero-order chi connectivity index (χ0) is 9.90. The lowest BCUT2D eigenvalue weighted by atomic mass is 9.93. The van der Waals surface area contributed by atoms with Crippen molar-refractivity contribution in [2.45, 2.75) is 46.1 Å². The molecule has 13 heavy (non-hydrogen) atoms. The molecule has 0 spiro atoms. The van der Waals surface area contributed by atoms with Crippen LogP contribution in [0.5, 0.6) is 0 Å². The molecule has 1 atom stereocenters. The van der Waals surface area contributed by atoms with Gasteiger partial charge in [0.15, 0.2) is 0 Å². The first-order valence-electron chi connectivity index (χ1n) is 5.47. The molecule has 2 nitrogen and oxygen atoms in total. The first-order valence-corrected chi connectivity index (χ1v) is 5.47. The van der Waals surface area contributed by atoms with Crippen LogP contribution in [0.1, 0.15) is 40.0 Å². The van der Waals surface area contributed by atoms with Gasteiger partial charge >= 0.3 is 0 Å². The maximum absolute atomic E-state index is 5.71. The van der Waals surface area contributed by atoms with E-state index in [2.05, 4.69) is 25.7 Å². The first-order chi connectivity index (χ1) is 5.99. The van der Waals surface area contributed by atoms with E-state index in [1.807, 2.05) is 0 Å². The molecule has 1 rings (SSSR count). The summed E-state index contributed by atoms with van der Waals surface area (Å²) in [5.41, 5.74) is 6.26. The molecule has 1 heterocycles. The molecule has 2 heteroatoms. The Kier molecular flexibility index (Phi) is 3.74. The Morgan fingerprint density at radius 1 is 1.46 bits per heavy atom. The highest BCUT2D eigenvalue weighted by Gasteiger charge is 2.28. The smallest absolute Gasteiger partial charge is 0.00332 e. The average molecular weight is 184 g/mol. The number of rotatable bonds is 4. The highest BCUT2D eigenvalue weighted by atomic mass is 15.1. The first kappa shape index (κ1) is 11.0. The quantitative estimate of drug-likeness (QED) is 0.722. The van der Waals surface area contributed by atoms with E-state index in [4.69, 9.17) is 5.73 Å². The third kappa shape index (κ3) is 4.10. The normalized spacial score (nSPS) is 24.9. The third-order valence-electron chi connectivity index (χ3n) is 2.89. The SMILES string of the molecule is CC(N)CCCN1CCC(C)(C)C1. The van der Waals surface area contributed by atoms with Crippen molar-refractivity contribution >= 4 is 0 Å². The Morgan fingerprint density at radius 3 is 2.62 bits per heavy atom. The fourth-order valence-electron chi connectivity index (χ4n) is 2.05. The zero-order valence-electron chi connectivity index (χ0n) is 9.34. The van der Waals surface area contributed by atoms with Crippen LogP contribution in [-0.4, -0.2) is 30.6 Å². The van der Waals surface area contributed by atoms with Gasteiger partial charge in [-0.15, -0.1) is 0 Å². The molecule has 0 aromatic heterocycles. The molecule has 1 aliphatic heterocycles. The summed E-state index contributed by atoms with van der Waals surface area (Å²) < 4.78 is 0. The van der Waals surface area contributed by atoms with Crippen LogP contribution in [0.4, 0.5) is 0 Å². The minimum Gasteiger partial charge on any atom is -0.328 e. The van der Waals surface area contributed by atoms with Gasteiger partial charge in [0.05, 0.1) is 0 Å². The summed E-state index contributed by atoms with van der Waals surface area (Å²) in [5.74, 6) is 0. The Bertz CT molecular complexity index is 152. The van der Waals surface area contributed by atoms with E-state index in [1.165, 1.54) is 32.5 Å². The number of hydrogen-bond acceptors (Lipinski definition) is 2. The number of hydrogen-bond donors (Lipinski definition) is 1. The van der Waals surface area contributed by atoms with Crippen LogP contribution in [0.3, 0.4) is 0 Å². The van der Waals surface area contributed by atoms with Crippen molar-refractivity contribution in [2.24, 2.45) is 11.1 Å². The van der Waals surface area contributed by atoms with Crippen LogP contribution in [0.25, 0.3) is 0 Å². The minimum absolute atomic E-state index is 0.371. The second kappa shape index (κ2) is 4.43. The summed E-state index contributed by atoms with van der Waals surface area (Å²) in [7, 11) is 0. The van der Waals surface area contributed by atoms with Gasteiger partial charge in [-0.3, -0.25) is 0 Å². The van der Waals surface area contributed by atoms with Crippen molar-refractivity contribution in [3.05, 3.63) is 0 Å². The van der Waals surface area contributed by atoms with Crippen molar-refractivity contribution in [3.63, 3.8) is 0 Å². The maximum Gasteiger partial charge on any atom is 0.00332 e. The second-order valence-corrected chi connectivity index (χ2v) is 5.31. The van der Waals surface area contributed by atoms with E-state index < -0.39 is 0 Å². The van der Waals surface area contributed by atoms with E-state index >= 15 is 0 Å². The van der Waals surface area contributed by atoms with Gasteiger partial charge in [0.1, 0.15) is 0 Å². The van der Waals surface area contributed by atoms with Gasteiger partial charge in [-0.05, 0) is 44.7 Å². The van der Waals surface area contributed by atoms with E-state index in [0.29, 0.717) is 11.5 Å². The number of nitrogens with zero attached hydrogens (tertiary/aromatic N) is 1. The lowest BCUT2D eigenvalue weighted by Gasteiger charge is -2.19. The molecular weight excluding hydrogens is 160 g/mol. The Hall–Kier alpha value is -0.0800. The predicted octanol–water partition coefficient (Wildman–Crippen LogP) is 1.85. The highest BCUT2D eigenvalue weighted by molar-refractivity contribution is 4.82. The fourth-order valence-corrected chi connectivity index (χ4v) is 2.05. The molecule has 0 aromatic carbocycles. The van der Waals surface area contributed by atoms with E-state index in [1.54, 1.807) is 0 Å². The lowest BCUT2D eigenvalue weighted by Crippen LogP contribution is -2.25. The summed E-state index contributed by atoms with van der Waals surface area (Å²) in [5, 5.41) is 0. The largest absolute Gasteiger partial charge is 0.328 e. The van der Waals surface area contributed by atoms with Gasteiger partial charge in [0, 0.05) is 12.6 Å². The molecule has 1 saturated heterocycles. The molecule has 1 unspecified atom stereocenters. The molecule has 0 radical (unpaired) electrons. The number of likely N-dealkylation sites (tertiary alicyclic amines) is 1. The van der Waals surface area contributed by atoms with Crippen LogP contribution in [0.15, 0.2) is 0 Å². The van der Waals surface area contributed by atoms with E-state index in [9.17, 15) is 0 Å². The van der Waals surface area contributed by atoms with E-state index in [-0.39, 0.29) is 0 Å². The van der Waals surface area contributed by atoms with Crippen molar-refractivity contribution in [2.75, 3.05) is 19.6 Å². The summed E-state index contributed by atoms with van der Waals surface area (Å²) in [6.07, 6.45) is 3.77. The average Bonchev–Trinajstić information content (AvgIpc) is 2.29. The Balaban J connectivity index is 2.11. The maximum atomic E-state index is 5.71. The van der Waals surface area contributed by atoms with Gasteiger partial charge in [0.25, 0.3) is 0 Å². The van der Waals surface area contributed by atoms with Crippen molar-refractivity contribution in [3.8, 4) is 0 Å². The van der Waals surface area contributed by atoms with Gasteiger partial charge in [0.2, 0.25) is 0 Å². The molecule has 0 amide bonds. The molecule has 1 fully saturated rings. The third-order valence-corrected chi connectivity index (χ3v) is 2.89. The predicted molar refractivity (Wildman–Crippen MR) is 57.7 cm³/mol. The molecule has 0 aromatic rings. The van der Waals surface area contributed by atoms with Gasteiger partial charge < -0.3 is 10.6 Å². The van der Waals surface area contributed by atoms with Crippen molar-refractivity contribution < 1.29 is 0 Å². The van der Waals surface area contributed by atoms with Crippen molar-refractivity contribution in [1.29, 1.82) is 0 Å². The Morgan fingerprint density at radius 2 is 2.15 bits per heavy atom. The topological polar surface area (TPSA) is 29.3 Å². The van der Waals surface area contributed by atoms with Gasteiger partial charge in [-0.2, -0.15) is 0 Å². The molecule has 78 valence electrons. The van der Waals surface area contributed by atoms with Crippen LogP contribution in [-0.2, 0) is 0 Å². The summed E-state index contributed by atoms with van der Waals surface area (Å²) >= 11 is 0. The fraction of sp³-hybridized carbons (Fsp3) is 1.00. The van der Waals surface area contributed by atoms with E-state index in [0.717, 1.165) is 6.42 Å². The summed E-state index contributed by atoms with van der Waals surface area (Å²) in [4.78, 5) is 2.57. The van der Waals surface area contributed by atoms with Gasteiger partial charge in [-0.25, -0.2) is 0 Å².